The number of carboxylic acid groups (broad SMARTS) is 1. The molecule has 13 heteroatoms. The molecule has 2 aliphatic heterocycles. The summed E-state index contributed by atoms with van der Waals surface area (Å²) in [5, 5.41) is 18.6. The highest BCUT2D eigenvalue weighted by molar-refractivity contribution is 5.89. The van der Waals surface area contributed by atoms with Crippen molar-refractivity contribution in [1.29, 1.82) is 0 Å². The Morgan fingerprint density at radius 1 is 1.00 bits per heavy atom. The van der Waals surface area contributed by atoms with Crippen molar-refractivity contribution >= 4 is 35.2 Å². The quantitative estimate of drug-likeness (QED) is 0.344. The van der Waals surface area contributed by atoms with Gasteiger partial charge in [0.05, 0.1) is 5.92 Å². The maximum atomic E-state index is 15.4. The monoisotopic (exact) mass is 596 g/mol. The van der Waals surface area contributed by atoms with E-state index in [1.807, 2.05) is 7.05 Å². The number of urea groups is 1. The van der Waals surface area contributed by atoms with Crippen LogP contribution in [-0.2, 0) is 16.0 Å². The van der Waals surface area contributed by atoms with Crippen molar-refractivity contribution in [2.24, 2.45) is 5.92 Å². The van der Waals surface area contributed by atoms with Crippen LogP contribution in [0.15, 0.2) is 30.6 Å². The van der Waals surface area contributed by atoms with Gasteiger partial charge in [-0.3, -0.25) is 4.79 Å². The molecule has 5 rings (SSSR count). The number of hydrogen-bond donors (Lipinski definition) is 4. The van der Waals surface area contributed by atoms with E-state index in [-0.39, 0.29) is 42.6 Å². The summed E-state index contributed by atoms with van der Waals surface area (Å²) in [4.78, 5) is 51.8. The number of carboxylic acids is 1. The number of aromatic nitrogens is 2. The summed E-state index contributed by atoms with van der Waals surface area (Å²) < 4.78 is 15.4. The van der Waals surface area contributed by atoms with E-state index < -0.39 is 23.7 Å². The van der Waals surface area contributed by atoms with Gasteiger partial charge in [0.2, 0.25) is 11.7 Å². The Hall–Kier alpha value is -4.00. The van der Waals surface area contributed by atoms with Gasteiger partial charge in [-0.05, 0) is 50.4 Å². The van der Waals surface area contributed by atoms with Crippen LogP contribution in [-0.4, -0.2) is 101 Å². The van der Waals surface area contributed by atoms with Crippen molar-refractivity contribution in [2.75, 3.05) is 61.8 Å². The third kappa shape index (κ3) is 7.89. The molecule has 232 valence electrons. The lowest BCUT2D eigenvalue weighted by Crippen LogP contribution is -2.49. The van der Waals surface area contributed by atoms with Gasteiger partial charge >= 0.3 is 12.0 Å². The molecular formula is C30H41FN8O4. The van der Waals surface area contributed by atoms with Crippen LogP contribution in [0.2, 0.25) is 0 Å². The Labute approximate surface area is 251 Å². The third-order valence-corrected chi connectivity index (χ3v) is 8.61. The number of carbonyl (C=O) groups excluding carboxylic acids is 2. The Morgan fingerprint density at radius 2 is 1.72 bits per heavy atom. The number of rotatable bonds is 9. The predicted molar refractivity (Wildman–Crippen MR) is 161 cm³/mol. The number of halogens is 1. The number of aliphatic carboxylic acids is 1. The second kappa shape index (κ2) is 14.0. The van der Waals surface area contributed by atoms with Crippen molar-refractivity contribution < 1.29 is 23.9 Å². The summed E-state index contributed by atoms with van der Waals surface area (Å²) >= 11 is 0. The van der Waals surface area contributed by atoms with Gasteiger partial charge in [0.15, 0.2) is 11.6 Å². The summed E-state index contributed by atoms with van der Waals surface area (Å²) in [5.74, 6) is -2.22. The lowest BCUT2D eigenvalue weighted by molar-refractivity contribution is -0.142. The van der Waals surface area contributed by atoms with Crippen molar-refractivity contribution in [2.45, 2.75) is 57.0 Å². The molecule has 43 heavy (non-hydrogen) atoms. The topological polar surface area (TPSA) is 143 Å². The van der Waals surface area contributed by atoms with E-state index in [4.69, 9.17) is 0 Å². The molecule has 3 aliphatic rings. The van der Waals surface area contributed by atoms with Gasteiger partial charge in [0.1, 0.15) is 12.4 Å². The molecule has 1 aromatic carbocycles. The van der Waals surface area contributed by atoms with E-state index in [0.717, 1.165) is 38.8 Å². The first-order chi connectivity index (χ1) is 20.8. The molecule has 0 spiro atoms. The Morgan fingerprint density at radius 3 is 2.42 bits per heavy atom. The molecule has 3 amide bonds. The van der Waals surface area contributed by atoms with Crippen LogP contribution in [0.25, 0.3) is 0 Å². The first-order valence-corrected chi connectivity index (χ1v) is 15.2. The zero-order valence-electron chi connectivity index (χ0n) is 24.6. The van der Waals surface area contributed by atoms with E-state index in [9.17, 15) is 19.5 Å². The second-order valence-corrected chi connectivity index (χ2v) is 11.8. The molecule has 1 saturated carbocycles. The number of amides is 3. The average molecular weight is 597 g/mol. The minimum Gasteiger partial charge on any atom is -0.480 e. The minimum absolute atomic E-state index is 0.0843. The van der Waals surface area contributed by atoms with Gasteiger partial charge in [-0.25, -0.2) is 19.6 Å². The molecule has 2 atom stereocenters. The highest BCUT2D eigenvalue weighted by Gasteiger charge is 2.32. The van der Waals surface area contributed by atoms with Gasteiger partial charge in [0.25, 0.3) is 0 Å². The van der Waals surface area contributed by atoms with E-state index >= 15 is 4.39 Å². The molecule has 2 aromatic rings. The van der Waals surface area contributed by atoms with Crippen molar-refractivity contribution in [1.82, 2.24) is 25.1 Å². The maximum absolute atomic E-state index is 15.4. The van der Waals surface area contributed by atoms with Gasteiger partial charge in [-0.1, -0.05) is 25.0 Å². The number of anilines is 3. The zero-order chi connectivity index (χ0) is 30.3. The van der Waals surface area contributed by atoms with Crippen LogP contribution in [0.3, 0.4) is 0 Å². The molecule has 2 saturated heterocycles. The first-order valence-electron chi connectivity index (χ1n) is 15.2. The molecule has 12 nitrogen and oxygen atoms in total. The van der Waals surface area contributed by atoms with Crippen molar-refractivity contribution in [3.63, 3.8) is 0 Å². The second-order valence-electron chi connectivity index (χ2n) is 11.8. The Balaban J connectivity index is 1.16. The number of hydrogen-bond acceptors (Lipinski definition) is 8. The first kappa shape index (κ1) is 30.5. The molecule has 1 aromatic heterocycles. The van der Waals surface area contributed by atoms with Crippen LogP contribution in [0.1, 0.15) is 44.1 Å². The highest BCUT2D eigenvalue weighted by atomic mass is 19.1. The van der Waals surface area contributed by atoms with Crippen molar-refractivity contribution in [3.8, 4) is 0 Å². The third-order valence-electron chi connectivity index (χ3n) is 8.61. The van der Waals surface area contributed by atoms with Crippen molar-refractivity contribution in [3.05, 3.63) is 42.0 Å². The zero-order valence-corrected chi connectivity index (χ0v) is 24.6. The van der Waals surface area contributed by atoms with Gasteiger partial charge < -0.3 is 35.8 Å². The van der Waals surface area contributed by atoms with E-state index in [2.05, 4.69) is 30.8 Å². The highest BCUT2D eigenvalue weighted by Crippen LogP contribution is 2.29. The molecule has 3 fully saturated rings. The van der Waals surface area contributed by atoms with Crippen LogP contribution in [0, 0.1) is 11.7 Å². The summed E-state index contributed by atoms with van der Waals surface area (Å²) in [6, 6.07) is 5.86. The van der Waals surface area contributed by atoms with Crippen LogP contribution in [0.5, 0.6) is 0 Å². The smallest absolute Gasteiger partial charge is 0.326 e. The number of carbonyl (C=O) groups is 3. The van der Waals surface area contributed by atoms with Gasteiger partial charge in [-0.15, -0.1) is 0 Å². The molecule has 0 bridgehead atoms. The Bertz CT molecular complexity index is 1280. The van der Waals surface area contributed by atoms with Crippen LogP contribution >= 0.6 is 0 Å². The molecule has 4 N–H and O–H groups in total. The average Bonchev–Trinajstić information content (AvgIpc) is 3.52. The van der Waals surface area contributed by atoms with Gasteiger partial charge in [0, 0.05) is 57.4 Å². The summed E-state index contributed by atoms with van der Waals surface area (Å²) in [7, 11) is 2.02. The SMILES string of the molecule is CN1CCN(C(=O)Nc2ccc(C[C@H](NC(=O)C3CCCN(c4ncnc(NC5CCCC5)c4F)C3)C(=O)O)cc2)CC1. The maximum Gasteiger partial charge on any atom is 0.326 e. The number of benzene rings is 1. The fourth-order valence-electron chi connectivity index (χ4n) is 5.99. The summed E-state index contributed by atoms with van der Waals surface area (Å²) in [6.45, 7) is 3.74. The summed E-state index contributed by atoms with van der Waals surface area (Å²) in [6.07, 6.45) is 6.81. The Kier molecular flexibility index (Phi) is 9.90. The molecule has 1 aliphatic carbocycles. The van der Waals surface area contributed by atoms with Crippen LogP contribution in [0.4, 0.5) is 26.5 Å². The molecule has 1 unspecified atom stereocenters. The fraction of sp³-hybridized carbons (Fsp3) is 0.567. The largest absolute Gasteiger partial charge is 0.480 e. The number of likely N-dealkylation sites (N-methyl/N-ethyl adjacent to an activating group) is 1. The lowest BCUT2D eigenvalue weighted by Gasteiger charge is -2.33. The minimum atomic E-state index is -1.14. The fourth-order valence-corrected chi connectivity index (χ4v) is 5.99. The van der Waals surface area contributed by atoms with Gasteiger partial charge in [-0.2, -0.15) is 4.39 Å². The number of nitrogens with one attached hydrogen (secondary N) is 3. The van der Waals surface area contributed by atoms with E-state index in [0.29, 0.717) is 43.7 Å². The molecule has 0 radical (unpaired) electrons. The summed E-state index contributed by atoms with van der Waals surface area (Å²) in [5.41, 5.74) is 1.32. The number of nitrogens with zero attached hydrogens (tertiary/aromatic N) is 5. The normalized spacial score (nSPS) is 20.5. The number of piperazine rings is 1. The van der Waals surface area contributed by atoms with E-state index in [1.165, 1.54) is 6.33 Å². The van der Waals surface area contributed by atoms with E-state index in [1.54, 1.807) is 34.1 Å². The molecule has 3 heterocycles. The van der Waals surface area contributed by atoms with Crippen LogP contribution < -0.4 is 20.9 Å². The number of piperidine rings is 1. The lowest BCUT2D eigenvalue weighted by atomic mass is 9.96. The molecular weight excluding hydrogens is 555 g/mol. The predicted octanol–water partition coefficient (Wildman–Crippen LogP) is 2.78. The standard InChI is InChI=1S/C30H41FN8O4/c1-37-13-15-38(16-14-37)30(43)35-23-10-8-20(9-11-23)17-24(29(41)42)36-28(40)21-5-4-12-39(18-21)27-25(31)26(32-19-33-27)34-22-6-2-3-7-22/h8-11,19,21-22,24H,2-7,12-18H2,1H3,(H,35,43)(H,36,40)(H,41,42)(H,32,33,34)/t21?,24-/m0/s1.